The van der Waals surface area contributed by atoms with E-state index in [2.05, 4.69) is 10.5 Å². The molecule has 5 aromatic rings. The highest BCUT2D eigenvalue weighted by Gasteiger charge is 2.15. The Bertz CT molecular complexity index is 1770. The number of hydrogen-bond acceptors (Lipinski definition) is 7. The number of hydrazone groups is 1. The molecule has 1 amide bonds. The zero-order valence-corrected chi connectivity index (χ0v) is 23.8. The van der Waals surface area contributed by atoms with Crippen molar-refractivity contribution < 1.29 is 28.6 Å². The molecule has 8 heteroatoms. The third kappa shape index (κ3) is 8.04. The zero-order valence-electron chi connectivity index (χ0n) is 23.8. The fourth-order valence-corrected chi connectivity index (χ4v) is 4.02. The molecule has 5 aromatic carbocycles. The molecule has 0 atom stereocenters. The number of nitrogens with zero attached hydrogens (tertiary/aromatic N) is 1. The van der Waals surface area contributed by atoms with Gasteiger partial charge < -0.3 is 14.2 Å². The van der Waals surface area contributed by atoms with Gasteiger partial charge >= 0.3 is 11.9 Å². The van der Waals surface area contributed by atoms with Gasteiger partial charge in [-0.25, -0.2) is 15.0 Å². The van der Waals surface area contributed by atoms with Gasteiger partial charge in [0, 0.05) is 17.2 Å². The fourth-order valence-electron chi connectivity index (χ4n) is 4.02. The number of benzene rings is 5. The summed E-state index contributed by atoms with van der Waals surface area (Å²) in [5.41, 5.74) is 6.15. The van der Waals surface area contributed by atoms with Crippen LogP contribution in [0.25, 0.3) is 0 Å². The Hall–Kier alpha value is -6.02. The van der Waals surface area contributed by atoms with E-state index in [-0.39, 0.29) is 11.5 Å². The molecule has 44 heavy (non-hydrogen) atoms. The van der Waals surface area contributed by atoms with Crippen molar-refractivity contribution in [2.75, 3.05) is 0 Å². The van der Waals surface area contributed by atoms with Gasteiger partial charge in [-0.05, 0) is 73.2 Å². The van der Waals surface area contributed by atoms with Gasteiger partial charge in [-0.15, -0.1) is 0 Å². The number of ether oxygens (including phenoxy) is 3. The van der Waals surface area contributed by atoms with Crippen molar-refractivity contribution in [1.82, 2.24) is 5.43 Å². The quantitative estimate of drug-likeness (QED) is 0.0841. The van der Waals surface area contributed by atoms with Crippen molar-refractivity contribution in [2.45, 2.75) is 13.5 Å². The topological polar surface area (TPSA) is 103 Å². The lowest BCUT2D eigenvalue weighted by molar-refractivity contribution is 0.0732. The van der Waals surface area contributed by atoms with Crippen molar-refractivity contribution in [3.63, 3.8) is 0 Å². The van der Waals surface area contributed by atoms with Crippen LogP contribution < -0.4 is 19.6 Å². The largest absolute Gasteiger partial charge is 0.489 e. The molecule has 0 bridgehead atoms. The smallest absolute Gasteiger partial charge is 0.343 e. The van der Waals surface area contributed by atoms with Crippen molar-refractivity contribution in [1.29, 1.82) is 0 Å². The molecular formula is C36H28N2O6. The van der Waals surface area contributed by atoms with E-state index >= 15 is 0 Å². The SMILES string of the molecule is Cc1ccc(COc2ccc(C(=O)N/N=C/c3ccc(OC(=O)c4ccccc4)cc3OC(=O)c3ccccc3)cc2)cc1. The van der Waals surface area contributed by atoms with Gasteiger partial charge in [0.25, 0.3) is 5.91 Å². The van der Waals surface area contributed by atoms with E-state index in [4.69, 9.17) is 14.2 Å². The highest BCUT2D eigenvalue weighted by atomic mass is 16.5. The van der Waals surface area contributed by atoms with Crippen molar-refractivity contribution in [3.05, 3.63) is 161 Å². The maximum absolute atomic E-state index is 12.8. The van der Waals surface area contributed by atoms with E-state index in [1.807, 2.05) is 31.2 Å². The predicted molar refractivity (Wildman–Crippen MR) is 166 cm³/mol. The summed E-state index contributed by atoms with van der Waals surface area (Å²) in [6.07, 6.45) is 1.34. The van der Waals surface area contributed by atoms with Crippen molar-refractivity contribution in [2.24, 2.45) is 5.10 Å². The number of carbonyl (C=O) groups excluding carboxylic acids is 3. The number of rotatable bonds is 10. The van der Waals surface area contributed by atoms with Gasteiger partial charge in [-0.2, -0.15) is 5.10 Å². The lowest BCUT2D eigenvalue weighted by atomic mass is 10.2. The van der Waals surface area contributed by atoms with Crippen LogP contribution in [0.15, 0.2) is 132 Å². The molecule has 0 spiro atoms. The average Bonchev–Trinajstić information content (AvgIpc) is 3.06. The Morgan fingerprint density at radius 1 is 0.659 bits per heavy atom. The molecule has 5 rings (SSSR count). The monoisotopic (exact) mass is 584 g/mol. The highest BCUT2D eigenvalue weighted by Crippen LogP contribution is 2.26. The van der Waals surface area contributed by atoms with Crippen LogP contribution in [0.2, 0.25) is 0 Å². The first-order valence-electron chi connectivity index (χ1n) is 13.7. The fraction of sp³-hybridized carbons (Fsp3) is 0.0556. The van der Waals surface area contributed by atoms with Crippen LogP contribution in [0.5, 0.6) is 17.2 Å². The summed E-state index contributed by atoms with van der Waals surface area (Å²) >= 11 is 0. The highest BCUT2D eigenvalue weighted by molar-refractivity contribution is 5.96. The molecule has 8 nitrogen and oxygen atoms in total. The molecule has 0 radical (unpaired) electrons. The summed E-state index contributed by atoms with van der Waals surface area (Å²) < 4.78 is 16.9. The third-order valence-electron chi connectivity index (χ3n) is 6.43. The molecule has 1 N–H and O–H groups in total. The molecule has 218 valence electrons. The Morgan fingerprint density at radius 2 is 1.25 bits per heavy atom. The Kier molecular flexibility index (Phi) is 9.54. The number of nitrogens with one attached hydrogen (secondary N) is 1. The summed E-state index contributed by atoms with van der Waals surface area (Å²) in [4.78, 5) is 38.1. The minimum Gasteiger partial charge on any atom is -0.489 e. The maximum atomic E-state index is 12.8. The second-order valence-corrected chi connectivity index (χ2v) is 9.71. The van der Waals surface area contributed by atoms with E-state index < -0.39 is 17.8 Å². The van der Waals surface area contributed by atoms with Crippen LogP contribution in [-0.4, -0.2) is 24.1 Å². The van der Waals surface area contributed by atoms with E-state index in [0.29, 0.717) is 34.6 Å². The maximum Gasteiger partial charge on any atom is 0.343 e. The van der Waals surface area contributed by atoms with Gasteiger partial charge in [-0.1, -0.05) is 66.2 Å². The van der Waals surface area contributed by atoms with Crippen LogP contribution >= 0.6 is 0 Å². The van der Waals surface area contributed by atoms with Crippen LogP contribution in [0, 0.1) is 6.92 Å². The van der Waals surface area contributed by atoms with Crippen LogP contribution in [0.3, 0.4) is 0 Å². The molecule has 0 aromatic heterocycles. The number of amides is 1. The van der Waals surface area contributed by atoms with E-state index in [9.17, 15) is 14.4 Å². The number of carbonyl (C=O) groups is 3. The molecule has 0 aliphatic heterocycles. The van der Waals surface area contributed by atoms with Gasteiger partial charge in [0.2, 0.25) is 0 Å². The van der Waals surface area contributed by atoms with Gasteiger partial charge in [-0.3, -0.25) is 4.79 Å². The molecule has 0 heterocycles. The first-order valence-corrected chi connectivity index (χ1v) is 13.7. The van der Waals surface area contributed by atoms with Crippen molar-refractivity contribution in [3.8, 4) is 17.2 Å². The molecule has 0 aliphatic rings. The normalized spacial score (nSPS) is 10.7. The van der Waals surface area contributed by atoms with Crippen LogP contribution in [0.1, 0.15) is 47.8 Å². The second-order valence-electron chi connectivity index (χ2n) is 9.71. The molecular weight excluding hydrogens is 556 g/mol. The molecule has 0 saturated carbocycles. The minimum atomic E-state index is -0.611. The van der Waals surface area contributed by atoms with Gasteiger partial charge in [0.15, 0.2) is 0 Å². The van der Waals surface area contributed by atoms with E-state index in [0.717, 1.165) is 5.56 Å². The van der Waals surface area contributed by atoms with Crippen LogP contribution in [0.4, 0.5) is 0 Å². The summed E-state index contributed by atoms with van der Waals surface area (Å²) in [6, 6.07) is 36.3. The molecule has 0 unspecified atom stereocenters. The number of esters is 2. The van der Waals surface area contributed by atoms with Gasteiger partial charge in [0.05, 0.1) is 17.3 Å². The standard InChI is InChI=1S/C36H28N2O6/c1-25-12-14-26(15-13-25)24-42-31-19-16-27(17-20-31)34(39)38-37-23-30-18-21-32(43-35(40)28-8-4-2-5-9-28)22-33(30)44-36(41)29-10-6-3-7-11-29/h2-23H,24H2,1H3,(H,38,39)/b37-23+. The molecule has 0 aliphatic carbocycles. The zero-order chi connectivity index (χ0) is 30.7. The Balaban J connectivity index is 1.26. The van der Waals surface area contributed by atoms with Gasteiger partial charge in [0.1, 0.15) is 23.9 Å². The Labute approximate surface area is 254 Å². The second kappa shape index (κ2) is 14.2. The van der Waals surface area contributed by atoms with Crippen LogP contribution in [-0.2, 0) is 6.61 Å². The van der Waals surface area contributed by atoms with E-state index in [1.165, 1.54) is 17.8 Å². The summed E-state index contributed by atoms with van der Waals surface area (Å²) in [6.45, 7) is 2.44. The minimum absolute atomic E-state index is 0.0882. The lowest BCUT2D eigenvalue weighted by Gasteiger charge is -2.11. The van der Waals surface area contributed by atoms with Crippen molar-refractivity contribution >= 4 is 24.1 Å². The molecule has 0 fully saturated rings. The average molecular weight is 585 g/mol. The number of hydrogen-bond donors (Lipinski definition) is 1. The Morgan fingerprint density at radius 3 is 1.89 bits per heavy atom. The van der Waals surface area contributed by atoms with E-state index in [1.54, 1.807) is 97.1 Å². The first kappa shape index (κ1) is 29.5. The predicted octanol–water partition coefficient (Wildman–Crippen LogP) is 6.78. The first-order chi connectivity index (χ1) is 21.4. The third-order valence-corrected chi connectivity index (χ3v) is 6.43. The summed E-state index contributed by atoms with van der Waals surface area (Å²) in [7, 11) is 0. The number of aryl methyl sites for hydroxylation is 1. The lowest BCUT2D eigenvalue weighted by Crippen LogP contribution is -2.17. The summed E-state index contributed by atoms with van der Waals surface area (Å²) in [5, 5.41) is 4.05. The summed E-state index contributed by atoms with van der Waals surface area (Å²) in [5.74, 6) is -0.733. The molecule has 0 saturated heterocycles.